The smallest absolute Gasteiger partial charge is 0.146 e. The van der Waals surface area contributed by atoms with Gasteiger partial charge in [0, 0.05) is 43.6 Å². The van der Waals surface area contributed by atoms with Crippen molar-refractivity contribution in [2.45, 2.75) is 25.9 Å². The quantitative estimate of drug-likeness (QED) is 0.825. The third-order valence-electron chi connectivity index (χ3n) is 5.68. The number of hydrogen-bond acceptors (Lipinski definition) is 7. The van der Waals surface area contributed by atoms with Crippen molar-refractivity contribution in [1.29, 1.82) is 0 Å². The number of aromatic nitrogens is 2. The van der Waals surface area contributed by atoms with Gasteiger partial charge in [-0.05, 0) is 31.0 Å². The van der Waals surface area contributed by atoms with Gasteiger partial charge in [0.1, 0.15) is 29.8 Å². The van der Waals surface area contributed by atoms with Gasteiger partial charge in [0.25, 0.3) is 0 Å². The Bertz CT molecular complexity index is 864. The average Bonchev–Trinajstić information content (AvgIpc) is 2.77. The molecule has 0 spiro atoms. The summed E-state index contributed by atoms with van der Waals surface area (Å²) in [5.74, 6) is 5.67. The first-order valence-corrected chi connectivity index (χ1v) is 10.8. The minimum Gasteiger partial charge on any atom is -0.483 e. The molecular weight excluding hydrogens is 358 g/mol. The van der Waals surface area contributed by atoms with E-state index in [1.807, 2.05) is 11.8 Å². The van der Waals surface area contributed by atoms with Crippen molar-refractivity contribution in [2.75, 3.05) is 47.9 Å². The van der Waals surface area contributed by atoms with Gasteiger partial charge < -0.3 is 20.3 Å². The van der Waals surface area contributed by atoms with Crippen LogP contribution in [0.25, 0.3) is 0 Å². The Hall–Kier alpha value is -1.99. The molecule has 0 saturated carbocycles. The van der Waals surface area contributed by atoms with Gasteiger partial charge in [-0.25, -0.2) is 9.97 Å². The third-order valence-corrected chi connectivity index (χ3v) is 6.62. The van der Waals surface area contributed by atoms with Crippen molar-refractivity contribution in [1.82, 2.24) is 15.3 Å². The standard InChI is InChI=1S/C20H25N5OS/c1-12-7-14(15-9-21-10-15)8-16-18(12)26-13(2)17-19(24-16)22-11-23-20(17)25-3-5-27-6-4-25/h7-8,11,13,15,21H,3-6,9-10H2,1-2H3,(H,22,23,24). The highest BCUT2D eigenvalue weighted by Gasteiger charge is 2.30. The Balaban J connectivity index is 1.56. The maximum absolute atomic E-state index is 6.44. The zero-order valence-electron chi connectivity index (χ0n) is 15.8. The first-order chi connectivity index (χ1) is 13.2. The van der Waals surface area contributed by atoms with Gasteiger partial charge in [0.15, 0.2) is 0 Å². The summed E-state index contributed by atoms with van der Waals surface area (Å²) in [6.07, 6.45) is 1.57. The summed E-state index contributed by atoms with van der Waals surface area (Å²) in [5.41, 5.74) is 4.61. The molecule has 4 heterocycles. The van der Waals surface area contributed by atoms with E-state index in [1.165, 1.54) is 11.1 Å². The Labute approximate surface area is 164 Å². The summed E-state index contributed by atoms with van der Waals surface area (Å²) in [4.78, 5) is 11.6. The summed E-state index contributed by atoms with van der Waals surface area (Å²) in [6, 6.07) is 4.50. The first-order valence-electron chi connectivity index (χ1n) is 9.67. The van der Waals surface area contributed by atoms with Crippen LogP contribution in [-0.4, -0.2) is 47.7 Å². The molecule has 6 nitrogen and oxygen atoms in total. The van der Waals surface area contributed by atoms with E-state index in [0.29, 0.717) is 5.92 Å². The second kappa shape index (κ2) is 6.87. The minimum absolute atomic E-state index is 0.102. The zero-order chi connectivity index (χ0) is 18.4. The van der Waals surface area contributed by atoms with E-state index < -0.39 is 0 Å². The van der Waals surface area contributed by atoms with Gasteiger partial charge in [0.2, 0.25) is 0 Å². The fourth-order valence-corrected chi connectivity index (χ4v) is 4.96. The number of hydrogen-bond donors (Lipinski definition) is 2. The van der Waals surface area contributed by atoms with E-state index in [-0.39, 0.29) is 6.10 Å². The number of nitrogens with one attached hydrogen (secondary N) is 2. The molecule has 2 N–H and O–H groups in total. The fraction of sp³-hybridized carbons (Fsp3) is 0.500. The summed E-state index contributed by atoms with van der Waals surface area (Å²) in [6.45, 7) is 8.37. The van der Waals surface area contributed by atoms with E-state index in [1.54, 1.807) is 6.33 Å². The van der Waals surface area contributed by atoms with Crippen molar-refractivity contribution in [3.8, 4) is 5.75 Å². The monoisotopic (exact) mass is 383 g/mol. The van der Waals surface area contributed by atoms with Gasteiger partial charge in [0.05, 0.1) is 11.3 Å². The highest BCUT2D eigenvalue weighted by molar-refractivity contribution is 7.99. The second-order valence-electron chi connectivity index (χ2n) is 7.51. The second-order valence-corrected chi connectivity index (χ2v) is 8.74. The minimum atomic E-state index is -0.102. The van der Waals surface area contributed by atoms with Crippen LogP contribution in [0.2, 0.25) is 0 Å². The molecule has 1 aromatic carbocycles. The van der Waals surface area contributed by atoms with Crippen molar-refractivity contribution < 1.29 is 4.74 Å². The molecule has 142 valence electrons. The molecule has 0 bridgehead atoms. The molecule has 1 aromatic heterocycles. The highest BCUT2D eigenvalue weighted by atomic mass is 32.2. The third kappa shape index (κ3) is 3.02. The molecule has 2 saturated heterocycles. The predicted molar refractivity (Wildman–Crippen MR) is 111 cm³/mol. The molecule has 1 unspecified atom stereocenters. The Morgan fingerprint density at radius 3 is 2.74 bits per heavy atom. The van der Waals surface area contributed by atoms with E-state index >= 15 is 0 Å². The zero-order valence-corrected chi connectivity index (χ0v) is 16.6. The number of rotatable bonds is 2. The van der Waals surface area contributed by atoms with Crippen molar-refractivity contribution >= 4 is 29.1 Å². The van der Waals surface area contributed by atoms with Crippen LogP contribution in [0.5, 0.6) is 5.75 Å². The largest absolute Gasteiger partial charge is 0.483 e. The lowest BCUT2D eigenvalue weighted by molar-refractivity contribution is 0.229. The summed E-state index contributed by atoms with van der Waals surface area (Å²) in [5, 5.41) is 6.93. The average molecular weight is 384 g/mol. The maximum Gasteiger partial charge on any atom is 0.146 e. The van der Waals surface area contributed by atoms with Crippen LogP contribution in [0.15, 0.2) is 18.5 Å². The molecule has 7 heteroatoms. The van der Waals surface area contributed by atoms with Crippen LogP contribution in [0.4, 0.5) is 17.3 Å². The van der Waals surface area contributed by atoms with Gasteiger partial charge >= 0.3 is 0 Å². The van der Waals surface area contributed by atoms with Gasteiger partial charge in [-0.15, -0.1) is 0 Å². The molecule has 0 aliphatic carbocycles. The Kier molecular flexibility index (Phi) is 4.36. The molecule has 3 aliphatic heterocycles. The van der Waals surface area contributed by atoms with Crippen molar-refractivity contribution in [3.63, 3.8) is 0 Å². The number of ether oxygens (including phenoxy) is 1. The van der Waals surface area contributed by atoms with E-state index in [2.05, 4.69) is 51.5 Å². The normalized spacial score (nSPS) is 22.0. The predicted octanol–water partition coefficient (Wildman–Crippen LogP) is 3.22. The Morgan fingerprint density at radius 2 is 2.00 bits per heavy atom. The highest BCUT2D eigenvalue weighted by Crippen LogP contribution is 2.44. The molecule has 27 heavy (non-hydrogen) atoms. The summed E-state index contributed by atoms with van der Waals surface area (Å²) < 4.78 is 6.44. The number of aryl methyl sites for hydroxylation is 1. The lowest BCUT2D eigenvalue weighted by Crippen LogP contribution is -2.39. The molecule has 2 aromatic rings. The van der Waals surface area contributed by atoms with E-state index in [9.17, 15) is 0 Å². The van der Waals surface area contributed by atoms with Crippen LogP contribution in [0, 0.1) is 6.92 Å². The molecule has 0 radical (unpaired) electrons. The van der Waals surface area contributed by atoms with Gasteiger partial charge in [-0.2, -0.15) is 11.8 Å². The van der Waals surface area contributed by atoms with Crippen molar-refractivity contribution in [2.24, 2.45) is 0 Å². The Morgan fingerprint density at radius 1 is 1.19 bits per heavy atom. The maximum atomic E-state index is 6.44. The van der Waals surface area contributed by atoms with Crippen LogP contribution in [0.3, 0.4) is 0 Å². The number of nitrogens with zero attached hydrogens (tertiary/aromatic N) is 3. The van der Waals surface area contributed by atoms with Crippen LogP contribution in [0.1, 0.15) is 35.6 Å². The molecule has 3 aliphatic rings. The molecule has 5 rings (SSSR count). The lowest BCUT2D eigenvalue weighted by Gasteiger charge is -2.30. The number of fused-ring (bicyclic) bond motifs is 2. The number of thioether (sulfide) groups is 1. The van der Waals surface area contributed by atoms with Crippen molar-refractivity contribution in [3.05, 3.63) is 35.2 Å². The molecule has 2 fully saturated rings. The van der Waals surface area contributed by atoms with Crippen LogP contribution >= 0.6 is 11.8 Å². The molecule has 0 amide bonds. The molecule has 1 atom stereocenters. The lowest BCUT2D eigenvalue weighted by atomic mass is 9.92. The first kappa shape index (κ1) is 17.1. The van der Waals surface area contributed by atoms with Crippen LogP contribution in [-0.2, 0) is 0 Å². The van der Waals surface area contributed by atoms with Gasteiger partial charge in [-0.1, -0.05) is 6.07 Å². The number of benzene rings is 1. The molecular formula is C20H25N5OS. The van der Waals surface area contributed by atoms with Crippen LogP contribution < -0.4 is 20.3 Å². The van der Waals surface area contributed by atoms with E-state index in [0.717, 1.165) is 66.3 Å². The number of anilines is 3. The summed E-state index contributed by atoms with van der Waals surface area (Å²) >= 11 is 2.00. The van der Waals surface area contributed by atoms with E-state index in [4.69, 9.17) is 4.74 Å². The SMILES string of the molecule is Cc1cc(C2CNC2)cc2c1OC(C)c1c(ncnc1N1CCSCC1)N2. The topological polar surface area (TPSA) is 62.3 Å². The summed E-state index contributed by atoms with van der Waals surface area (Å²) in [7, 11) is 0. The fourth-order valence-electron chi connectivity index (χ4n) is 4.06. The van der Waals surface area contributed by atoms with Gasteiger partial charge in [-0.3, -0.25) is 0 Å².